The second kappa shape index (κ2) is 10.4. The van der Waals surface area contributed by atoms with Gasteiger partial charge in [-0.1, -0.05) is 6.07 Å². The van der Waals surface area contributed by atoms with Crippen LogP contribution in [0.2, 0.25) is 0 Å². The molecule has 0 radical (unpaired) electrons. The lowest BCUT2D eigenvalue weighted by atomic mass is 9.87. The van der Waals surface area contributed by atoms with Crippen molar-refractivity contribution in [3.8, 4) is 5.75 Å². The number of carboxylic acids is 1. The van der Waals surface area contributed by atoms with E-state index in [0.29, 0.717) is 6.04 Å². The van der Waals surface area contributed by atoms with Gasteiger partial charge in [0.25, 0.3) is 0 Å². The van der Waals surface area contributed by atoms with Gasteiger partial charge in [0.05, 0.1) is 31.6 Å². The normalized spacial score (nSPS) is 20.2. The quantitative estimate of drug-likeness (QED) is 0.693. The first-order valence-electron chi connectivity index (χ1n) is 10.6. The van der Waals surface area contributed by atoms with Crippen LogP contribution in [0.15, 0.2) is 36.7 Å². The number of piperidine rings is 1. The molecule has 3 heterocycles. The number of halogens is 3. The highest BCUT2D eigenvalue weighted by atomic mass is 19.4. The van der Waals surface area contributed by atoms with Gasteiger partial charge < -0.3 is 19.9 Å². The Kier molecular flexibility index (Phi) is 7.85. The van der Waals surface area contributed by atoms with E-state index in [4.69, 9.17) is 19.4 Å². The monoisotopic (exact) mass is 470 g/mol. The molecule has 8 nitrogen and oxygen atoms in total. The van der Waals surface area contributed by atoms with Crippen molar-refractivity contribution >= 4 is 11.7 Å². The van der Waals surface area contributed by atoms with Crippen molar-refractivity contribution in [3.63, 3.8) is 0 Å². The number of carboxylic acid groups (broad SMARTS) is 1. The standard InChI is InChI=1S/C20H28N4O2.C2HF3O2/c1-23-13-16(12-21-23)14-24-8-6-20(7-9-24)11-18(15-26-20)22-17-4-3-5-19(10-17)25-2;3-2(4,5)1(6)7/h3-5,10,12-13,18,22H,6-9,11,14-15H2,1-2H3;(H,6,7). The highest BCUT2D eigenvalue weighted by molar-refractivity contribution is 5.73. The molecule has 2 saturated heterocycles. The molecule has 2 aliphatic heterocycles. The van der Waals surface area contributed by atoms with Gasteiger partial charge in [0.1, 0.15) is 5.75 Å². The van der Waals surface area contributed by atoms with Crippen molar-refractivity contribution in [3.05, 3.63) is 42.2 Å². The molecule has 0 bridgehead atoms. The van der Waals surface area contributed by atoms with Crippen molar-refractivity contribution in [1.29, 1.82) is 0 Å². The molecule has 4 rings (SSSR count). The van der Waals surface area contributed by atoms with Crippen LogP contribution in [0.3, 0.4) is 0 Å². The highest BCUT2D eigenvalue weighted by Gasteiger charge is 2.42. The van der Waals surface area contributed by atoms with Crippen molar-refractivity contribution < 1.29 is 32.5 Å². The number of hydrogen-bond donors (Lipinski definition) is 2. The lowest BCUT2D eigenvalue weighted by Gasteiger charge is -2.38. The van der Waals surface area contributed by atoms with Crippen molar-refractivity contribution in [2.75, 3.05) is 32.1 Å². The molecule has 2 aliphatic rings. The zero-order valence-electron chi connectivity index (χ0n) is 18.6. The zero-order chi connectivity index (χ0) is 24.1. The molecule has 11 heteroatoms. The van der Waals surface area contributed by atoms with Gasteiger partial charge >= 0.3 is 12.1 Å². The van der Waals surface area contributed by atoms with E-state index >= 15 is 0 Å². The first-order valence-corrected chi connectivity index (χ1v) is 10.6. The van der Waals surface area contributed by atoms with Gasteiger partial charge in [-0.3, -0.25) is 9.58 Å². The number of aliphatic carboxylic acids is 1. The summed E-state index contributed by atoms with van der Waals surface area (Å²) in [7, 11) is 3.67. The predicted molar refractivity (Wildman–Crippen MR) is 115 cm³/mol. The third-order valence-electron chi connectivity index (χ3n) is 5.82. The minimum atomic E-state index is -5.08. The minimum absolute atomic E-state index is 0.0436. The van der Waals surface area contributed by atoms with Crippen LogP contribution in [0.5, 0.6) is 5.75 Å². The number of carbonyl (C=O) groups is 1. The number of nitrogens with zero attached hydrogens (tertiary/aromatic N) is 3. The number of anilines is 1. The molecule has 0 saturated carbocycles. The molecule has 0 aliphatic carbocycles. The van der Waals surface area contributed by atoms with Crippen molar-refractivity contribution in [2.24, 2.45) is 7.05 Å². The Balaban J connectivity index is 0.000000383. The van der Waals surface area contributed by atoms with Crippen LogP contribution in [0.25, 0.3) is 0 Å². The summed E-state index contributed by atoms with van der Waals surface area (Å²) in [6.07, 6.45) is 2.26. The van der Waals surface area contributed by atoms with E-state index in [0.717, 1.165) is 56.9 Å². The van der Waals surface area contributed by atoms with E-state index in [1.54, 1.807) is 7.11 Å². The molecule has 0 amide bonds. The Morgan fingerprint density at radius 1 is 1.36 bits per heavy atom. The van der Waals surface area contributed by atoms with Gasteiger partial charge in [0.2, 0.25) is 0 Å². The number of methoxy groups -OCH3 is 1. The predicted octanol–water partition coefficient (Wildman–Crippen LogP) is 3.30. The van der Waals surface area contributed by atoms with Crippen LogP contribution in [0.4, 0.5) is 18.9 Å². The second-order valence-corrected chi connectivity index (χ2v) is 8.37. The molecule has 2 aromatic rings. The van der Waals surface area contributed by atoms with Crippen LogP contribution in [0, 0.1) is 0 Å². The van der Waals surface area contributed by atoms with Crippen LogP contribution in [-0.2, 0) is 23.1 Å². The summed E-state index contributed by atoms with van der Waals surface area (Å²) in [6, 6.07) is 8.48. The molecule has 1 unspecified atom stereocenters. The fourth-order valence-corrected chi connectivity index (χ4v) is 4.16. The summed E-state index contributed by atoms with van der Waals surface area (Å²) in [5.41, 5.74) is 2.43. The lowest BCUT2D eigenvalue weighted by Crippen LogP contribution is -2.44. The molecular formula is C22H29F3N4O4. The number of likely N-dealkylation sites (tertiary alicyclic amines) is 1. The average Bonchev–Trinajstić information content (AvgIpc) is 3.35. The molecule has 1 atom stereocenters. The van der Waals surface area contributed by atoms with Gasteiger partial charge in [0.15, 0.2) is 0 Å². The maximum atomic E-state index is 10.6. The van der Waals surface area contributed by atoms with E-state index in [1.807, 2.05) is 36.1 Å². The first-order chi connectivity index (χ1) is 15.6. The molecule has 1 spiro atoms. The summed E-state index contributed by atoms with van der Waals surface area (Å²) in [5.74, 6) is -1.88. The number of alkyl halides is 3. The third kappa shape index (κ3) is 7.10. The summed E-state index contributed by atoms with van der Waals surface area (Å²) in [6.45, 7) is 3.93. The maximum Gasteiger partial charge on any atom is 0.490 e. The fraction of sp³-hybridized carbons (Fsp3) is 0.545. The van der Waals surface area contributed by atoms with E-state index in [2.05, 4.69) is 27.6 Å². The first kappa shape index (κ1) is 24.8. The maximum absolute atomic E-state index is 10.6. The number of hydrogen-bond acceptors (Lipinski definition) is 6. The van der Waals surface area contributed by atoms with Gasteiger partial charge in [-0.25, -0.2) is 4.79 Å². The Morgan fingerprint density at radius 2 is 2.06 bits per heavy atom. The number of nitrogens with one attached hydrogen (secondary N) is 1. The van der Waals surface area contributed by atoms with Crippen molar-refractivity contribution in [2.45, 2.75) is 43.6 Å². The van der Waals surface area contributed by atoms with Gasteiger partial charge in [-0.2, -0.15) is 18.3 Å². The molecule has 182 valence electrons. The Morgan fingerprint density at radius 3 is 2.64 bits per heavy atom. The Bertz CT molecular complexity index is 926. The number of aromatic nitrogens is 2. The summed E-state index contributed by atoms with van der Waals surface area (Å²) in [4.78, 5) is 11.4. The van der Waals surface area contributed by atoms with Crippen LogP contribution in [-0.4, -0.2) is 70.4 Å². The smallest absolute Gasteiger partial charge is 0.490 e. The Labute approximate surface area is 190 Å². The van der Waals surface area contributed by atoms with Crippen molar-refractivity contribution in [1.82, 2.24) is 14.7 Å². The number of benzene rings is 1. The largest absolute Gasteiger partial charge is 0.497 e. The zero-order valence-corrected chi connectivity index (χ0v) is 18.6. The van der Waals surface area contributed by atoms with E-state index < -0.39 is 12.1 Å². The summed E-state index contributed by atoms with van der Waals surface area (Å²) < 4.78 is 45.2. The third-order valence-corrected chi connectivity index (χ3v) is 5.82. The van der Waals surface area contributed by atoms with Crippen LogP contribution >= 0.6 is 0 Å². The minimum Gasteiger partial charge on any atom is -0.497 e. The molecule has 1 aromatic heterocycles. The van der Waals surface area contributed by atoms with E-state index in [9.17, 15) is 13.2 Å². The van der Waals surface area contributed by atoms with Crippen LogP contribution in [0.1, 0.15) is 24.8 Å². The molecule has 2 N–H and O–H groups in total. The summed E-state index contributed by atoms with van der Waals surface area (Å²) >= 11 is 0. The fourth-order valence-electron chi connectivity index (χ4n) is 4.16. The van der Waals surface area contributed by atoms with Gasteiger partial charge in [-0.15, -0.1) is 0 Å². The molecule has 1 aromatic carbocycles. The molecule has 2 fully saturated rings. The Hall–Kier alpha value is -2.79. The molecule has 33 heavy (non-hydrogen) atoms. The van der Waals surface area contributed by atoms with Crippen LogP contribution < -0.4 is 10.1 Å². The van der Waals surface area contributed by atoms with E-state index in [1.165, 1.54) is 5.56 Å². The second-order valence-electron chi connectivity index (χ2n) is 8.37. The highest BCUT2D eigenvalue weighted by Crippen LogP contribution is 2.37. The number of ether oxygens (including phenoxy) is 2. The number of rotatable bonds is 5. The topological polar surface area (TPSA) is 88.9 Å². The van der Waals surface area contributed by atoms with E-state index in [-0.39, 0.29) is 5.60 Å². The summed E-state index contributed by atoms with van der Waals surface area (Å²) in [5, 5.41) is 15.0. The number of aryl methyl sites for hydroxylation is 1. The average molecular weight is 470 g/mol. The van der Waals surface area contributed by atoms with Gasteiger partial charge in [-0.05, 0) is 31.4 Å². The van der Waals surface area contributed by atoms with Gasteiger partial charge in [0, 0.05) is 50.2 Å². The SMILES string of the molecule is COc1cccc(NC2COC3(CCN(Cc4cnn(C)c4)CC3)C2)c1.O=C(O)C(F)(F)F. The lowest BCUT2D eigenvalue weighted by molar-refractivity contribution is -0.192. The molecular weight excluding hydrogens is 441 g/mol.